The molecule has 0 aliphatic carbocycles. The van der Waals surface area contributed by atoms with E-state index in [1.54, 1.807) is 6.07 Å². The minimum atomic E-state index is -3.64. The van der Waals surface area contributed by atoms with Gasteiger partial charge in [-0.3, -0.25) is 4.79 Å². The standard InChI is InChI=1S/C17H16Cl2N2O5S/c1-21(2)27(24,25)12-6-3-5-11(9-12)20-15(22)10-26-17(23)16-13(18)7-4-8-14(16)19/h3-9H,10H2,1-2H3,(H,20,22). The van der Waals surface area contributed by atoms with Gasteiger partial charge in [-0.15, -0.1) is 0 Å². The molecule has 0 aliphatic heterocycles. The highest BCUT2D eigenvalue weighted by atomic mass is 35.5. The van der Waals surface area contributed by atoms with Gasteiger partial charge in [-0.25, -0.2) is 17.5 Å². The van der Waals surface area contributed by atoms with E-state index in [1.165, 1.54) is 50.5 Å². The van der Waals surface area contributed by atoms with E-state index in [-0.39, 0.29) is 26.2 Å². The minimum absolute atomic E-state index is 0.0187. The van der Waals surface area contributed by atoms with Crippen molar-refractivity contribution in [1.82, 2.24) is 4.31 Å². The van der Waals surface area contributed by atoms with Crippen molar-refractivity contribution in [1.29, 1.82) is 0 Å². The summed E-state index contributed by atoms with van der Waals surface area (Å²) in [4.78, 5) is 24.1. The van der Waals surface area contributed by atoms with Crippen LogP contribution in [0.5, 0.6) is 0 Å². The van der Waals surface area contributed by atoms with E-state index >= 15 is 0 Å². The second-order valence-corrected chi connectivity index (χ2v) is 8.50. The molecule has 0 aromatic heterocycles. The topological polar surface area (TPSA) is 92.8 Å². The predicted molar refractivity (Wildman–Crippen MR) is 103 cm³/mol. The van der Waals surface area contributed by atoms with E-state index in [0.29, 0.717) is 0 Å². The third-order valence-corrected chi connectivity index (χ3v) is 5.84. The van der Waals surface area contributed by atoms with Gasteiger partial charge >= 0.3 is 5.97 Å². The molecule has 0 radical (unpaired) electrons. The first-order chi connectivity index (χ1) is 12.6. The van der Waals surface area contributed by atoms with Crippen molar-refractivity contribution in [2.45, 2.75) is 4.90 Å². The Balaban J connectivity index is 2.04. The van der Waals surface area contributed by atoms with E-state index in [9.17, 15) is 18.0 Å². The lowest BCUT2D eigenvalue weighted by Gasteiger charge is -2.13. The van der Waals surface area contributed by atoms with Crippen LogP contribution in [0.15, 0.2) is 47.4 Å². The summed E-state index contributed by atoms with van der Waals surface area (Å²) in [6.45, 7) is -0.592. The number of halogens is 2. The van der Waals surface area contributed by atoms with Crippen molar-refractivity contribution in [2.24, 2.45) is 0 Å². The zero-order valence-electron chi connectivity index (χ0n) is 14.4. The molecule has 27 heavy (non-hydrogen) atoms. The van der Waals surface area contributed by atoms with Gasteiger partial charge in [0.1, 0.15) is 0 Å². The summed E-state index contributed by atoms with van der Waals surface area (Å²) in [5, 5.41) is 2.68. The molecule has 2 aromatic rings. The Morgan fingerprint density at radius 1 is 1.07 bits per heavy atom. The average molecular weight is 431 g/mol. The maximum absolute atomic E-state index is 12.1. The van der Waals surface area contributed by atoms with Crippen LogP contribution < -0.4 is 5.32 Å². The Hall–Kier alpha value is -2.13. The predicted octanol–water partition coefficient (Wildman–Crippen LogP) is 3.04. The fourth-order valence-corrected chi connectivity index (χ4v) is 3.54. The van der Waals surface area contributed by atoms with Crippen LogP contribution in [0.3, 0.4) is 0 Å². The normalized spacial score (nSPS) is 11.3. The Labute approximate surface area is 166 Å². The summed E-state index contributed by atoms with van der Waals surface area (Å²) < 4.78 is 30.2. The fraction of sp³-hybridized carbons (Fsp3) is 0.176. The quantitative estimate of drug-likeness (QED) is 0.710. The first-order valence-corrected chi connectivity index (χ1v) is 9.76. The van der Waals surface area contributed by atoms with Gasteiger partial charge in [0.05, 0.1) is 20.5 Å². The van der Waals surface area contributed by atoms with Gasteiger partial charge < -0.3 is 10.1 Å². The van der Waals surface area contributed by atoms with Gasteiger partial charge in [-0.1, -0.05) is 35.3 Å². The molecule has 0 unspecified atom stereocenters. The molecule has 2 rings (SSSR count). The largest absolute Gasteiger partial charge is 0.452 e. The number of ether oxygens (including phenoxy) is 1. The number of amides is 1. The number of esters is 1. The molecular weight excluding hydrogens is 415 g/mol. The van der Waals surface area contributed by atoms with Crippen LogP contribution in [0.25, 0.3) is 0 Å². The minimum Gasteiger partial charge on any atom is -0.452 e. The number of nitrogens with zero attached hydrogens (tertiary/aromatic N) is 1. The summed E-state index contributed by atoms with van der Waals surface area (Å²) in [7, 11) is -0.834. The van der Waals surface area contributed by atoms with Crippen molar-refractivity contribution in [2.75, 3.05) is 26.0 Å². The van der Waals surface area contributed by atoms with E-state index in [2.05, 4.69) is 5.32 Å². The van der Waals surface area contributed by atoms with Crippen LogP contribution >= 0.6 is 23.2 Å². The molecule has 7 nitrogen and oxygen atoms in total. The fourth-order valence-electron chi connectivity index (χ4n) is 2.04. The van der Waals surface area contributed by atoms with Crippen LogP contribution in [0.1, 0.15) is 10.4 Å². The van der Waals surface area contributed by atoms with Crippen molar-refractivity contribution in [3.63, 3.8) is 0 Å². The van der Waals surface area contributed by atoms with Crippen LogP contribution in [-0.4, -0.2) is 45.3 Å². The highest BCUT2D eigenvalue weighted by molar-refractivity contribution is 7.89. The van der Waals surface area contributed by atoms with Gasteiger partial charge in [-0.2, -0.15) is 0 Å². The molecule has 0 spiro atoms. The number of carbonyl (C=O) groups excluding carboxylic acids is 2. The summed E-state index contributed by atoms with van der Waals surface area (Å²) in [6.07, 6.45) is 0. The highest BCUT2D eigenvalue weighted by Crippen LogP contribution is 2.25. The van der Waals surface area contributed by atoms with Crippen LogP contribution in [0.4, 0.5) is 5.69 Å². The van der Waals surface area contributed by atoms with Gasteiger partial charge in [0.2, 0.25) is 10.0 Å². The third kappa shape index (κ3) is 5.20. The molecule has 0 aliphatic rings. The smallest absolute Gasteiger partial charge is 0.341 e. The molecule has 0 heterocycles. The second kappa shape index (κ2) is 8.71. The maximum Gasteiger partial charge on any atom is 0.341 e. The van der Waals surface area contributed by atoms with E-state index in [1.807, 2.05) is 0 Å². The third-order valence-electron chi connectivity index (χ3n) is 3.40. The summed E-state index contributed by atoms with van der Waals surface area (Å²) in [5.74, 6) is -1.49. The lowest BCUT2D eigenvalue weighted by Crippen LogP contribution is -2.23. The van der Waals surface area contributed by atoms with E-state index in [0.717, 1.165) is 4.31 Å². The molecule has 2 aromatic carbocycles. The molecule has 0 fully saturated rings. The van der Waals surface area contributed by atoms with Crippen LogP contribution in [0, 0.1) is 0 Å². The van der Waals surface area contributed by atoms with Crippen molar-refractivity contribution in [3.05, 3.63) is 58.1 Å². The number of anilines is 1. The number of rotatable bonds is 6. The molecule has 0 saturated heterocycles. The van der Waals surface area contributed by atoms with E-state index < -0.39 is 28.5 Å². The molecule has 0 bridgehead atoms. The van der Waals surface area contributed by atoms with Gasteiger partial charge in [0.25, 0.3) is 5.91 Å². The zero-order valence-corrected chi connectivity index (χ0v) is 16.7. The average Bonchev–Trinajstić information content (AvgIpc) is 2.60. The Bertz CT molecular complexity index is 957. The molecular formula is C17H16Cl2N2O5S. The molecule has 1 amide bonds. The number of carbonyl (C=O) groups is 2. The molecule has 144 valence electrons. The van der Waals surface area contributed by atoms with Gasteiger partial charge in [0.15, 0.2) is 6.61 Å². The monoisotopic (exact) mass is 430 g/mol. The first kappa shape index (κ1) is 21.2. The van der Waals surface area contributed by atoms with Crippen LogP contribution in [-0.2, 0) is 19.6 Å². The molecule has 10 heteroatoms. The number of sulfonamides is 1. The highest BCUT2D eigenvalue weighted by Gasteiger charge is 2.19. The summed E-state index contributed by atoms with van der Waals surface area (Å²) in [6, 6.07) is 10.2. The molecule has 1 N–H and O–H groups in total. The van der Waals surface area contributed by atoms with Crippen molar-refractivity contribution >= 4 is 50.8 Å². The number of hydrogen-bond acceptors (Lipinski definition) is 5. The van der Waals surface area contributed by atoms with Crippen LogP contribution in [0.2, 0.25) is 10.0 Å². The lowest BCUT2D eigenvalue weighted by molar-refractivity contribution is -0.119. The maximum atomic E-state index is 12.1. The SMILES string of the molecule is CN(C)S(=O)(=O)c1cccc(NC(=O)COC(=O)c2c(Cl)cccc2Cl)c1. The molecule has 0 saturated carbocycles. The summed E-state index contributed by atoms with van der Waals surface area (Å²) in [5.41, 5.74) is 0.211. The first-order valence-electron chi connectivity index (χ1n) is 7.56. The Kier molecular flexibility index (Phi) is 6.83. The van der Waals surface area contributed by atoms with Gasteiger partial charge in [0, 0.05) is 19.8 Å². The Morgan fingerprint density at radius 3 is 2.26 bits per heavy atom. The zero-order chi connectivity index (χ0) is 20.2. The molecule has 0 atom stereocenters. The van der Waals surface area contributed by atoms with Crippen molar-refractivity contribution < 1.29 is 22.7 Å². The Morgan fingerprint density at radius 2 is 1.67 bits per heavy atom. The second-order valence-electron chi connectivity index (χ2n) is 5.54. The summed E-state index contributed by atoms with van der Waals surface area (Å²) >= 11 is 11.8. The van der Waals surface area contributed by atoms with Gasteiger partial charge in [-0.05, 0) is 30.3 Å². The van der Waals surface area contributed by atoms with Crippen molar-refractivity contribution in [3.8, 4) is 0 Å². The van der Waals surface area contributed by atoms with E-state index in [4.69, 9.17) is 27.9 Å². The lowest BCUT2D eigenvalue weighted by atomic mass is 10.2. The number of benzene rings is 2. The number of nitrogens with one attached hydrogen (secondary N) is 1. The number of hydrogen-bond donors (Lipinski definition) is 1.